The summed E-state index contributed by atoms with van der Waals surface area (Å²) in [5.41, 5.74) is 4.58. The molecule has 2 aromatic rings. The predicted octanol–water partition coefficient (Wildman–Crippen LogP) is 5.81. The number of allylic oxidation sites excluding steroid dienone is 2. The largest absolute Gasteiger partial charge is 0.353 e. The van der Waals surface area contributed by atoms with Gasteiger partial charge in [-0.3, -0.25) is 0 Å². The molecule has 0 bridgehead atoms. The Labute approximate surface area is 194 Å². The van der Waals surface area contributed by atoms with Gasteiger partial charge in [-0.2, -0.15) is 0 Å². The van der Waals surface area contributed by atoms with E-state index in [4.69, 9.17) is 0 Å². The van der Waals surface area contributed by atoms with Crippen molar-refractivity contribution >= 4 is 11.4 Å². The number of alkyl halides is 2. The van der Waals surface area contributed by atoms with E-state index in [2.05, 4.69) is 40.1 Å². The van der Waals surface area contributed by atoms with Crippen LogP contribution in [-0.4, -0.2) is 43.1 Å². The molecule has 0 radical (unpaired) electrons. The second kappa shape index (κ2) is 13.9. The van der Waals surface area contributed by atoms with E-state index in [1.165, 1.54) is 36.1 Å². The molecule has 1 saturated carbocycles. The van der Waals surface area contributed by atoms with Crippen LogP contribution in [0.3, 0.4) is 0 Å². The highest BCUT2D eigenvalue weighted by Gasteiger charge is 2.30. The molecule has 4 nitrogen and oxygen atoms in total. The highest BCUT2D eigenvalue weighted by molar-refractivity contribution is 5.78. The number of benzene rings is 1. The van der Waals surface area contributed by atoms with Crippen LogP contribution in [0.1, 0.15) is 49.9 Å². The van der Waals surface area contributed by atoms with Crippen molar-refractivity contribution < 1.29 is 17.6 Å². The summed E-state index contributed by atoms with van der Waals surface area (Å²) in [6, 6.07) is 3.62. The fraction of sp³-hybridized carbons (Fsp3) is 0.520. The average molecular weight is 467 g/mol. The smallest absolute Gasteiger partial charge is 0.229 e. The van der Waals surface area contributed by atoms with Crippen molar-refractivity contribution in [1.29, 1.82) is 0 Å². The van der Waals surface area contributed by atoms with E-state index in [1.54, 1.807) is 6.33 Å². The van der Waals surface area contributed by atoms with E-state index in [9.17, 15) is 17.6 Å². The van der Waals surface area contributed by atoms with Gasteiger partial charge in [-0.15, -0.1) is 0 Å². The monoisotopic (exact) mass is 466 g/mol. The molecule has 2 fully saturated rings. The molecular weight excluding hydrogens is 432 g/mol. The predicted molar refractivity (Wildman–Crippen MR) is 126 cm³/mol. The Morgan fingerprint density at radius 3 is 2.21 bits per heavy atom. The molecule has 8 heteroatoms. The van der Waals surface area contributed by atoms with Crippen LogP contribution in [-0.2, 0) is 6.42 Å². The SMILES string of the molecule is C/C=C(\c1c(C)ncnc1N1CCNCC1)C1CC1.CCCc1cc(F)cc(F)c1.FCF. The number of halogens is 4. The Bertz CT molecular complexity index is 874. The first kappa shape index (κ1) is 26.8. The molecule has 2 aliphatic rings. The molecule has 182 valence electrons. The van der Waals surface area contributed by atoms with Crippen molar-refractivity contribution in [2.75, 3.05) is 38.0 Å². The summed E-state index contributed by atoms with van der Waals surface area (Å²) in [6.45, 7) is 8.61. The molecular formula is C25H34F4N4. The second-order valence-electron chi connectivity index (χ2n) is 8.04. The van der Waals surface area contributed by atoms with Gasteiger partial charge in [0.25, 0.3) is 0 Å². The second-order valence-corrected chi connectivity index (χ2v) is 8.04. The van der Waals surface area contributed by atoms with Crippen molar-refractivity contribution in [3.8, 4) is 0 Å². The lowest BCUT2D eigenvalue weighted by Gasteiger charge is -2.30. The summed E-state index contributed by atoms with van der Waals surface area (Å²) < 4.78 is 44.3. The van der Waals surface area contributed by atoms with Crippen molar-refractivity contribution in [2.24, 2.45) is 5.92 Å². The molecule has 1 saturated heterocycles. The van der Waals surface area contributed by atoms with Crippen molar-refractivity contribution in [3.63, 3.8) is 0 Å². The van der Waals surface area contributed by atoms with Crippen LogP contribution in [0.25, 0.3) is 5.57 Å². The third-order valence-corrected chi connectivity index (χ3v) is 5.51. The number of hydrogen-bond acceptors (Lipinski definition) is 4. The first-order valence-electron chi connectivity index (χ1n) is 11.5. The number of nitrogens with zero attached hydrogens (tertiary/aromatic N) is 3. The van der Waals surface area contributed by atoms with Gasteiger partial charge in [0.2, 0.25) is 6.93 Å². The molecule has 4 rings (SSSR count). The summed E-state index contributed by atoms with van der Waals surface area (Å²) in [4.78, 5) is 11.4. The minimum Gasteiger partial charge on any atom is -0.353 e. The quantitative estimate of drug-likeness (QED) is 0.565. The van der Waals surface area contributed by atoms with Gasteiger partial charge in [-0.05, 0) is 62.3 Å². The Hall–Kier alpha value is -2.48. The lowest BCUT2D eigenvalue weighted by molar-refractivity contribution is 0.295. The molecule has 1 aliphatic carbocycles. The molecule has 1 aromatic carbocycles. The van der Waals surface area contributed by atoms with E-state index < -0.39 is 18.6 Å². The van der Waals surface area contributed by atoms with Gasteiger partial charge in [-0.25, -0.2) is 27.5 Å². The maximum absolute atomic E-state index is 12.5. The average Bonchev–Trinajstić information content (AvgIpc) is 3.62. The number of aryl methyl sites for hydroxylation is 2. The lowest BCUT2D eigenvalue weighted by atomic mass is 9.99. The number of hydrogen-bond donors (Lipinski definition) is 1. The summed E-state index contributed by atoms with van der Waals surface area (Å²) >= 11 is 0. The molecule has 0 amide bonds. The van der Waals surface area contributed by atoms with Gasteiger partial charge in [0.15, 0.2) is 0 Å². The first-order valence-corrected chi connectivity index (χ1v) is 11.5. The van der Waals surface area contributed by atoms with Gasteiger partial charge in [-0.1, -0.05) is 19.4 Å². The summed E-state index contributed by atoms with van der Waals surface area (Å²) in [5, 5.41) is 3.40. The van der Waals surface area contributed by atoms with Gasteiger partial charge in [0.05, 0.1) is 5.69 Å². The van der Waals surface area contributed by atoms with Gasteiger partial charge in [0.1, 0.15) is 23.8 Å². The van der Waals surface area contributed by atoms with Crippen LogP contribution < -0.4 is 10.2 Å². The maximum Gasteiger partial charge on any atom is 0.229 e. The van der Waals surface area contributed by atoms with Crippen LogP contribution in [0, 0.1) is 24.5 Å². The van der Waals surface area contributed by atoms with Crippen molar-refractivity contribution in [3.05, 3.63) is 59.1 Å². The molecule has 0 atom stereocenters. The third-order valence-electron chi connectivity index (χ3n) is 5.51. The summed E-state index contributed by atoms with van der Waals surface area (Å²) in [5.74, 6) is 0.882. The summed E-state index contributed by atoms with van der Waals surface area (Å²) in [7, 11) is 0. The van der Waals surface area contributed by atoms with Crippen LogP contribution in [0.15, 0.2) is 30.6 Å². The Kier molecular flexibility index (Phi) is 11.3. The third kappa shape index (κ3) is 8.42. The number of anilines is 1. The van der Waals surface area contributed by atoms with E-state index in [0.29, 0.717) is 0 Å². The number of piperazine rings is 1. The molecule has 1 aliphatic heterocycles. The fourth-order valence-corrected chi connectivity index (χ4v) is 3.94. The number of rotatable bonds is 5. The zero-order valence-corrected chi connectivity index (χ0v) is 19.7. The zero-order valence-electron chi connectivity index (χ0n) is 19.7. The van der Waals surface area contributed by atoms with E-state index in [0.717, 1.165) is 68.1 Å². The Balaban J connectivity index is 0.000000234. The highest BCUT2D eigenvalue weighted by Crippen LogP contribution is 2.44. The highest BCUT2D eigenvalue weighted by atomic mass is 19.3. The minimum absolute atomic E-state index is 0.492. The molecule has 1 N–H and O–H groups in total. The normalized spacial score (nSPS) is 15.8. The van der Waals surface area contributed by atoms with Crippen LogP contribution in [0.2, 0.25) is 0 Å². The van der Waals surface area contributed by atoms with Gasteiger partial charge in [0, 0.05) is 37.8 Å². The number of aromatic nitrogens is 2. The van der Waals surface area contributed by atoms with E-state index in [-0.39, 0.29) is 0 Å². The topological polar surface area (TPSA) is 41.1 Å². The summed E-state index contributed by atoms with van der Waals surface area (Å²) in [6.07, 6.45) is 8.23. The lowest BCUT2D eigenvalue weighted by Crippen LogP contribution is -2.44. The van der Waals surface area contributed by atoms with Crippen LogP contribution in [0.4, 0.5) is 23.4 Å². The molecule has 1 aromatic heterocycles. The molecule has 0 spiro atoms. The van der Waals surface area contributed by atoms with Crippen molar-refractivity contribution in [2.45, 2.75) is 46.5 Å². The van der Waals surface area contributed by atoms with Crippen LogP contribution in [0.5, 0.6) is 0 Å². The zero-order chi connectivity index (χ0) is 24.2. The van der Waals surface area contributed by atoms with Crippen molar-refractivity contribution in [1.82, 2.24) is 15.3 Å². The molecule has 0 unspecified atom stereocenters. The van der Waals surface area contributed by atoms with E-state index >= 15 is 0 Å². The van der Waals surface area contributed by atoms with Crippen LogP contribution >= 0.6 is 0 Å². The standard InChI is InChI=1S/C15H22N4.C9H10F2.CH2F2/c1-3-13(12-4-5-12)14-11(2)17-10-18-15(14)19-8-6-16-7-9-19;1-2-3-7-4-8(10)6-9(11)5-7;2-1-3/h3,10,12,16H,4-9H2,1-2H3;4-6H,2-3H2,1H3;1H2/b13-3-;;. The Morgan fingerprint density at radius 1 is 1.09 bits per heavy atom. The number of nitrogens with one attached hydrogen (secondary N) is 1. The van der Waals surface area contributed by atoms with Gasteiger partial charge >= 0.3 is 0 Å². The molecule has 2 heterocycles. The minimum atomic E-state index is -1.75. The Morgan fingerprint density at radius 2 is 1.70 bits per heavy atom. The maximum atomic E-state index is 12.5. The van der Waals surface area contributed by atoms with E-state index in [1.807, 2.05) is 6.92 Å². The molecule has 33 heavy (non-hydrogen) atoms. The first-order chi connectivity index (χ1) is 15.9. The fourth-order valence-electron chi connectivity index (χ4n) is 3.94. The van der Waals surface area contributed by atoms with Gasteiger partial charge < -0.3 is 10.2 Å².